The van der Waals surface area contributed by atoms with Crippen molar-refractivity contribution in [2.24, 2.45) is 5.41 Å². The monoisotopic (exact) mass is 372 g/mol. The quantitative estimate of drug-likeness (QED) is 0.775. The second-order valence-corrected chi connectivity index (χ2v) is 6.80. The number of fused-ring (bicyclic) bond motifs is 1. The van der Waals surface area contributed by atoms with Crippen LogP contribution in [0, 0.1) is 16.7 Å². The number of pyridine rings is 1. The number of hydrogen-bond acceptors (Lipinski definition) is 7. The zero-order valence-electron chi connectivity index (χ0n) is 14.5. The van der Waals surface area contributed by atoms with E-state index in [1.807, 2.05) is 4.57 Å². The van der Waals surface area contributed by atoms with Gasteiger partial charge in [0.1, 0.15) is 11.8 Å². The van der Waals surface area contributed by atoms with Crippen LogP contribution in [0.1, 0.15) is 25.2 Å². The molecular weight excluding hydrogens is 356 g/mol. The van der Waals surface area contributed by atoms with Crippen LogP contribution in [0.3, 0.4) is 0 Å². The van der Waals surface area contributed by atoms with Crippen LogP contribution in [0.2, 0.25) is 0 Å². The Balaban J connectivity index is 2.03. The predicted molar refractivity (Wildman–Crippen MR) is 90.6 cm³/mol. The number of nitrogens with zero attached hydrogens (tertiary/aromatic N) is 4. The van der Waals surface area contributed by atoms with Gasteiger partial charge < -0.3 is 14.8 Å². The van der Waals surface area contributed by atoms with E-state index in [1.165, 1.54) is 12.3 Å². The Morgan fingerprint density at radius 3 is 2.56 bits per heavy atom. The lowest BCUT2D eigenvalue weighted by Crippen LogP contribution is -2.29. The zero-order chi connectivity index (χ0) is 19.8. The summed E-state index contributed by atoms with van der Waals surface area (Å²) in [6, 6.07) is 7.01. The first kappa shape index (κ1) is 18.1. The van der Waals surface area contributed by atoms with Crippen molar-refractivity contribution in [2.75, 3.05) is 5.23 Å². The molecule has 1 aliphatic heterocycles. The second kappa shape index (κ2) is 6.53. The lowest BCUT2D eigenvalue weighted by Gasteiger charge is -2.17. The minimum absolute atomic E-state index is 0.00231. The van der Waals surface area contributed by atoms with Crippen molar-refractivity contribution in [3.8, 4) is 17.2 Å². The van der Waals surface area contributed by atoms with Gasteiger partial charge in [-0.1, -0.05) is 13.8 Å². The van der Waals surface area contributed by atoms with Crippen molar-refractivity contribution in [2.45, 2.75) is 26.8 Å². The Bertz CT molecular complexity index is 943. The van der Waals surface area contributed by atoms with Gasteiger partial charge in [0.25, 0.3) is 0 Å². The van der Waals surface area contributed by atoms with Crippen molar-refractivity contribution in [1.29, 1.82) is 5.26 Å². The van der Waals surface area contributed by atoms with E-state index >= 15 is 0 Å². The molecule has 27 heavy (non-hydrogen) atoms. The van der Waals surface area contributed by atoms with Crippen LogP contribution >= 0.6 is 0 Å². The molecule has 0 amide bonds. The number of carbonyl (C=O) groups is 2. The molecule has 0 saturated heterocycles. The Morgan fingerprint density at radius 2 is 1.96 bits per heavy atom. The summed E-state index contributed by atoms with van der Waals surface area (Å²) in [4.78, 5) is 34.1. The molecule has 0 fully saturated rings. The highest BCUT2D eigenvalue weighted by Gasteiger charge is 2.33. The SMILES string of the molecule is CC1(C)Cc2c(-c3ccnc(N(OC(=O)O)OC(=O)O)c3)cc(C#N)n2C1. The average Bonchev–Trinajstić information content (AvgIpc) is 3.06. The zero-order valence-corrected chi connectivity index (χ0v) is 14.5. The molecule has 2 aromatic rings. The Hall–Kier alpha value is -3.74. The van der Waals surface area contributed by atoms with E-state index in [-0.39, 0.29) is 16.5 Å². The lowest BCUT2D eigenvalue weighted by molar-refractivity contribution is -0.0466. The van der Waals surface area contributed by atoms with Crippen LogP contribution in [-0.2, 0) is 22.6 Å². The van der Waals surface area contributed by atoms with E-state index in [0.717, 1.165) is 17.7 Å². The standard InChI is InChI=1S/C17H16N4O6/c1-17(2)7-13-12(6-11(8-18)20(13)9-17)10-3-4-19-14(5-10)21(26-15(22)23)27-16(24)25/h3-6H,7,9H2,1-2H3,(H,22,23)(H,24,25). The first-order valence-corrected chi connectivity index (χ1v) is 7.91. The molecule has 1 aliphatic rings. The summed E-state index contributed by atoms with van der Waals surface area (Å²) in [6.45, 7) is 4.91. The van der Waals surface area contributed by atoms with Gasteiger partial charge in [-0.15, -0.1) is 0 Å². The Labute approximate surface area is 153 Å². The van der Waals surface area contributed by atoms with Crippen LogP contribution in [0.25, 0.3) is 11.1 Å². The van der Waals surface area contributed by atoms with Gasteiger partial charge in [0.2, 0.25) is 5.82 Å². The fraction of sp³-hybridized carbons (Fsp3) is 0.294. The van der Waals surface area contributed by atoms with Crippen LogP contribution in [0.15, 0.2) is 24.4 Å². The molecular formula is C17H16N4O6. The van der Waals surface area contributed by atoms with E-state index in [4.69, 9.17) is 10.2 Å². The molecule has 3 rings (SSSR count). The smallest absolute Gasteiger partial charge is 0.448 e. The molecule has 0 bridgehead atoms. The number of anilines is 1. The van der Waals surface area contributed by atoms with Crippen LogP contribution < -0.4 is 5.23 Å². The van der Waals surface area contributed by atoms with Crippen LogP contribution in [0.5, 0.6) is 0 Å². The van der Waals surface area contributed by atoms with E-state index in [1.54, 1.807) is 12.1 Å². The summed E-state index contributed by atoms with van der Waals surface area (Å²) in [5.74, 6) is -0.173. The molecule has 0 saturated carbocycles. The topological polar surface area (TPSA) is 138 Å². The van der Waals surface area contributed by atoms with Gasteiger partial charge in [-0.05, 0) is 40.8 Å². The maximum absolute atomic E-state index is 10.8. The summed E-state index contributed by atoms with van der Waals surface area (Å²) >= 11 is 0. The van der Waals surface area contributed by atoms with Gasteiger partial charge in [0.05, 0.1) is 0 Å². The Morgan fingerprint density at radius 1 is 1.30 bits per heavy atom. The van der Waals surface area contributed by atoms with Gasteiger partial charge in [-0.25, -0.2) is 14.6 Å². The van der Waals surface area contributed by atoms with Crippen molar-refractivity contribution in [3.63, 3.8) is 0 Å². The summed E-state index contributed by atoms with van der Waals surface area (Å²) in [5.41, 5.74) is 2.89. The molecule has 2 N–H and O–H groups in total. The van der Waals surface area contributed by atoms with Gasteiger partial charge in [0, 0.05) is 24.0 Å². The van der Waals surface area contributed by atoms with Crippen molar-refractivity contribution >= 4 is 18.1 Å². The van der Waals surface area contributed by atoms with E-state index in [2.05, 4.69) is 34.6 Å². The largest absolute Gasteiger partial charge is 0.533 e. The fourth-order valence-electron chi connectivity index (χ4n) is 3.18. The second-order valence-electron chi connectivity index (χ2n) is 6.80. The molecule has 140 valence electrons. The maximum atomic E-state index is 10.8. The first-order valence-electron chi connectivity index (χ1n) is 7.91. The summed E-state index contributed by atoms with van der Waals surface area (Å²) in [6.07, 6.45) is -1.41. The van der Waals surface area contributed by atoms with Crippen molar-refractivity contribution < 1.29 is 29.5 Å². The van der Waals surface area contributed by atoms with E-state index < -0.39 is 12.3 Å². The van der Waals surface area contributed by atoms with Gasteiger partial charge in [-0.3, -0.25) is 9.68 Å². The molecule has 10 nitrogen and oxygen atoms in total. The highest BCUT2D eigenvalue weighted by Crippen LogP contribution is 2.40. The normalized spacial score (nSPS) is 14.1. The third-order valence-corrected chi connectivity index (χ3v) is 4.12. The molecule has 0 aromatic carbocycles. The molecule has 0 atom stereocenters. The van der Waals surface area contributed by atoms with Gasteiger partial charge >= 0.3 is 12.3 Å². The van der Waals surface area contributed by atoms with Crippen molar-refractivity contribution in [3.05, 3.63) is 35.8 Å². The molecule has 10 heteroatoms. The number of carboxylic acid groups (broad SMARTS) is 2. The third-order valence-electron chi connectivity index (χ3n) is 4.12. The summed E-state index contributed by atoms with van der Waals surface area (Å²) < 4.78 is 1.95. The number of rotatable bonds is 4. The molecule has 0 unspecified atom stereocenters. The maximum Gasteiger partial charge on any atom is 0.533 e. The van der Waals surface area contributed by atoms with E-state index in [9.17, 15) is 14.9 Å². The summed E-state index contributed by atoms with van der Waals surface area (Å²) in [5, 5.41) is 27.1. The minimum Gasteiger partial charge on any atom is -0.448 e. The molecule has 0 radical (unpaired) electrons. The van der Waals surface area contributed by atoms with Gasteiger partial charge in [0.15, 0.2) is 0 Å². The highest BCUT2D eigenvalue weighted by molar-refractivity contribution is 5.72. The number of aromatic nitrogens is 2. The van der Waals surface area contributed by atoms with Crippen LogP contribution in [-0.4, -0.2) is 32.1 Å². The lowest BCUT2D eigenvalue weighted by atomic mass is 9.89. The first-order chi connectivity index (χ1) is 12.7. The Kier molecular flexibility index (Phi) is 4.37. The minimum atomic E-state index is -1.76. The molecule has 3 heterocycles. The predicted octanol–water partition coefficient (Wildman–Crippen LogP) is 3.03. The summed E-state index contributed by atoms with van der Waals surface area (Å²) in [7, 11) is 0. The number of nitriles is 1. The molecule has 2 aromatic heterocycles. The molecule has 0 aliphatic carbocycles. The third kappa shape index (κ3) is 3.62. The number of hydrogen-bond donors (Lipinski definition) is 2. The average molecular weight is 372 g/mol. The van der Waals surface area contributed by atoms with Crippen LogP contribution in [0.4, 0.5) is 15.4 Å². The van der Waals surface area contributed by atoms with Crippen molar-refractivity contribution in [1.82, 2.24) is 9.55 Å². The highest BCUT2D eigenvalue weighted by atomic mass is 17.0. The fourth-order valence-corrected chi connectivity index (χ4v) is 3.18. The van der Waals surface area contributed by atoms with E-state index in [0.29, 0.717) is 17.8 Å². The molecule has 0 spiro atoms. The van der Waals surface area contributed by atoms with Gasteiger partial charge in [-0.2, -0.15) is 5.26 Å².